The summed E-state index contributed by atoms with van der Waals surface area (Å²) in [6.07, 6.45) is 1.10. The number of fused-ring (bicyclic) bond motifs is 1. The second-order valence-electron chi connectivity index (χ2n) is 7.60. The Morgan fingerprint density at radius 1 is 1.15 bits per heavy atom. The molecule has 0 radical (unpaired) electrons. The molecule has 1 aliphatic heterocycles. The van der Waals surface area contributed by atoms with Crippen LogP contribution in [0, 0.1) is 11.3 Å². The van der Waals surface area contributed by atoms with Crippen LogP contribution < -0.4 is 11.1 Å². The number of primary amides is 1. The minimum Gasteiger partial charge on any atom is -0.365 e. The zero-order valence-corrected chi connectivity index (χ0v) is 18.5. The highest BCUT2D eigenvalue weighted by molar-refractivity contribution is 7.90. The maximum absolute atomic E-state index is 12.8. The first-order valence-electron chi connectivity index (χ1n) is 9.93. The Hall–Kier alpha value is -4.17. The van der Waals surface area contributed by atoms with Gasteiger partial charge in [-0.25, -0.2) is 13.2 Å². The van der Waals surface area contributed by atoms with Gasteiger partial charge in [-0.2, -0.15) is 10.4 Å². The Balaban J connectivity index is 1.64. The van der Waals surface area contributed by atoms with Gasteiger partial charge in [-0.05, 0) is 36.4 Å². The molecule has 3 amide bonds. The lowest BCUT2D eigenvalue weighted by Crippen LogP contribution is -2.41. The number of carbonyl (C=O) groups excluding carboxylic acids is 2. The molecule has 0 unspecified atom stereocenters. The summed E-state index contributed by atoms with van der Waals surface area (Å²) in [5.41, 5.74) is 8.02. The number of carbonyl (C=O) groups is 2. The van der Waals surface area contributed by atoms with Crippen molar-refractivity contribution in [3.05, 3.63) is 65.4 Å². The molecule has 0 aliphatic carbocycles. The zero-order valence-electron chi connectivity index (χ0n) is 17.6. The van der Waals surface area contributed by atoms with Gasteiger partial charge in [0.15, 0.2) is 9.84 Å². The number of nitrogens with one attached hydrogen (secondary N) is 1. The molecule has 1 aliphatic rings. The van der Waals surface area contributed by atoms with Gasteiger partial charge < -0.3 is 16.0 Å². The largest absolute Gasteiger partial charge is 0.365 e. The molecule has 10 nitrogen and oxygen atoms in total. The SMILES string of the molecule is CS(=O)(=O)c1cccc(-c2nn3c(c2C(N)=O)CN(C(=O)Nc2ccc(C#N)cc2)CC3)c1. The molecule has 33 heavy (non-hydrogen) atoms. The fraction of sp³-hybridized carbons (Fsp3) is 0.182. The van der Waals surface area contributed by atoms with Crippen LogP contribution in [0.4, 0.5) is 10.5 Å². The zero-order chi connectivity index (χ0) is 23.8. The van der Waals surface area contributed by atoms with Crippen LogP contribution in [0.1, 0.15) is 21.6 Å². The van der Waals surface area contributed by atoms with Crippen molar-refractivity contribution in [2.45, 2.75) is 18.0 Å². The molecule has 0 saturated carbocycles. The summed E-state index contributed by atoms with van der Waals surface area (Å²) in [6, 6.07) is 14.3. The van der Waals surface area contributed by atoms with Crippen LogP contribution in [0.5, 0.6) is 0 Å². The van der Waals surface area contributed by atoms with Crippen LogP contribution in [-0.2, 0) is 22.9 Å². The van der Waals surface area contributed by atoms with Gasteiger partial charge in [0.25, 0.3) is 5.91 Å². The van der Waals surface area contributed by atoms with E-state index >= 15 is 0 Å². The van der Waals surface area contributed by atoms with Crippen molar-refractivity contribution in [1.82, 2.24) is 14.7 Å². The Bertz CT molecular complexity index is 1400. The number of hydrogen-bond acceptors (Lipinski definition) is 6. The molecule has 2 heterocycles. The number of nitrogens with two attached hydrogens (primary N) is 1. The molecule has 0 atom stereocenters. The van der Waals surface area contributed by atoms with Crippen molar-refractivity contribution in [1.29, 1.82) is 5.26 Å². The topological polar surface area (TPSA) is 151 Å². The van der Waals surface area contributed by atoms with E-state index in [0.29, 0.717) is 35.6 Å². The first-order valence-corrected chi connectivity index (χ1v) is 11.8. The van der Waals surface area contributed by atoms with Crippen LogP contribution in [-0.4, -0.2) is 47.8 Å². The smallest absolute Gasteiger partial charge is 0.322 e. The van der Waals surface area contributed by atoms with E-state index in [1.165, 1.54) is 17.0 Å². The molecule has 1 aromatic heterocycles. The lowest BCUT2D eigenvalue weighted by molar-refractivity contribution is 0.0997. The van der Waals surface area contributed by atoms with E-state index in [1.807, 2.05) is 6.07 Å². The van der Waals surface area contributed by atoms with E-state index in [4.69, 9.17) is 11.0 Å². The third-order valence-electron chi connectivity index (χ3n) is 5.31. The third kappa shape index (κ3) is 4.42. The fourth-order valence-corrected chi connectivity index (χ4v) is 4.32. The number of rotatable bonds is 4. The number of aromatic nitrogens is 2. The van der Waals surface area contributed by atoms with Gasteiger partial charge in [0.2, 0.25) is 0 Å². The minimum absolute atomic E-state index is 0.0964. The van der Waals surface area contributed by atoms with Gasteiger partial charge in [-0.3, -0.25) is 9.48 Å². The Kier molecular flexibility index (Phi) is 5.61. The van der Waals surface area contributed by atoms with E-state index < -0.39 is 15.7 Å². The second kappa shape index (κ2) is 8.40. The molecule has 2 aromatic carbocycles. The Morgan fingerprint density at radius 2 is 1.88 bits per heavy atom. The maximum Gasteiger partial charge on any atom is 0.322 e. The number of amides is 3. The molecule has 168 valence electrons. The van der Waals surface area contributed by atoms with E-state index in [2.05, 4.69) is 10.4 Å². The molecule has 4 rings (SSSR count). The predicted molar refractivity (Wildman–Crippen MR) is 120 cm³/mol. The van der Waals surface area contributed by atoms with Crippen LogP contribution in [0.25, 0.3) is 11.3 Å². The van der Waals surface area contributed by atoms with Crippen molar-refractivity contribution >= 4 is 27.5 Å². The quantitative estimate of drug-likeness (QED) is 0.602. The number of benzene rings is 2. The number of nitrogens with zero attached hydrogens (tertiary/aromatic N) is 4. The first-order chi connectivity index (χ1) is 15.7. The van der Waals surface area contributed by atoms with E-state index in [1.54, 1.807) is 41.1 Å². The van der Waals surface area contributed by atoms with Crippen LogP contribution in [0.15, 0.2) is 53.4 Å². The molecular formula is C22H20N6O4S. The van der Waals surface area contributed by atoms with Crippen molar-refractivity contribution in [2.24, 2.45) is 5.73 Å². The first kappa shape index (κ1) is 22.0. The van der Waals surface area contributed by atoms with Gasteiger partial charge >= 0.3 is 6.03 Å². The van der Waals surface area contributed by atoms with Crippen LogP contribution in [0.3, 0.4) is 0 Å². The van der Waals surface area contributed by atoms with Gasteiger partial charge in [0.05, 0.1) is 40.9 Å². The number of nitriles is 1. The van der Waals surface area contributed by atoms with Gasteiger partial charge in [0, 0.05) is 24.1 Å². The summed E-state index contributed by atoms with van der Waals surface area (Å²) in [5.74, 6) is -0.717. The van der Waals surface area contributed by atoms with E-state index in [0.717, 1.165) is 6.26 Å². The normalized spacial score (nSPS) is 13.2. The van der Waals surface area contributed by atoms with Crippen molar-refractivity contribution in [3.63, 3.8) is 0 Å². The summed E-state index contributed by atoms with van der Waals surface area (Å²) in [7, 11) is -3.45. The summed E-state index contributed by atoms with van der Waals surface area (Å²) >= 11 is 0. The number of hydrogen-bond donors (Lipinski definition) is 2. The predicted octanol–water partition coefficient (Wildman–Crippen LogP) is 1.97. The molecule has 0 bridgehead atoms. The fourth-order valence-electron chi connectivity index (χ4n) is 3.66. The summed E-state index contributed by atoms with van der Waals surface area (Å²) in [4.78, 5) is 26.8. The van der Waals surface area contributed by atoms with Crippen molar-refractivity contribution in [2.75, 3.05) is 18.1 Å². The van der Waals surface area contributed by atoms with E-state index in [-0.39, 0.29) is 28.7 Å². The standard InChI is InChI=1S/C22H20N6O4S/c1-33(31,32)17-4-2-3-15(11-17)20-19(21(24)29)18-13-27(9-10-28(18)26-20)22(30)25-16-7-5-14(12-23)6-8-16/h2-8,11H,9-10,13H2,1H3,(H2,24,29)(H,25,30). The van der Waals surface area contributed by atoms with Crippen molar-refractivity contribution in [3.8, 4) is 17.3 Å². The lowest BCUT2D eigenvalue weighted by atomic mass is 10.0. The molecule has 0 saturated heterocycles. The van der Waals surface area contributed by atoms with Crippen LogP contribution >= 0.6 is 0 Å². The molecule has 3 N–H and O–H groups in total. The molecular weight excluding hydrogens is 444 g/mol. The van der Waals surface area contributed by atoms with Gasteiger partial charge in [-0.1, -0.05) is 12.1 Å². The minimum atomic E-state index is -3.45. The molecule has 11 heteroatoms. The number of urea groups is 1. The van der Waals surface area contributed by atoms with Crippen molar-refractivity contribution < 1.29 is 18.0 Å². The van der Waals surface area contributed by atoms with Gasteiger partial charge in [0.1, 0.15) is 5.69 Å². The molecule has 0 fully saturated rings. The average Bonchev–Trinajstić information content (AvgIpc) is 3.18. The average molecular weight is 465 g/mol. The second-order valence-corrected chi connectivity index (χ2v) is 9.61. The van der Waals surface area contributed by atoms with Gasteiger partial charge in [-0.15, -0.1) is 0 Å². The lowest BCUT2D eigenvalue weighted by Gasteiger charge is -2.28. The number of sulfone groups is 1. The maximum atomic E-state index is 12.8. The highest BCUT2D eigenvalue weighted by atomic mass is 32.2. The van der Waals surface area contributed by atoms with E-state index in [9.17, 15) is 18.0 Å². The number of anilines is 1. The third-order valence-corrected chi connectivity index (χ3v) is 6.42. The summed E-state index contributed by atoms with van der Waals surface area (Å²) in [6.45, 7) is 0.777. The Labute approximate surface area is 190 Å². The summed E-state index contributed by atoms with van der Waals surface area (Å²) in [5, 5.41) is 16.2. The highest BCUT2D eigenvalue weighted by Gasteiger charge is 2.30. The highest BCUT2D eigenvalue weighted by Crippen LogP contribution is 2.29. The monoisotopic (exact) mass is 464 g/mol. The van der Waals surface area contributed by atoms with Crippen LogP contribution in [0.2, 0.25) is 0 Å². The molecule has 3 aromatic rings. The molecule has 0 spiro atoms. The Morgan fingerprint density at radius 3 is 2.52 bits per heavy atom. The summed E-state index contributed by atoms with van der Waals surface area (Å²) < 4.78 is 25.5.